The average Bonchev–Trinajstić information content (AvgIpc) is 3.38. The summed E-state index contributed by atoms with van der Waals surface area (Å²) in [6.45, 7) is 3.31. The molecule has 1 amide bonds. The van der Waals surface area contributed by atoms with Crippen LogP contribution in [-0.2, 0) is 0 Å². The van der Waals surface area contributed by atoms with Crippen molar-refractivity contribution in [3.63, 3.8) is 0 Å². The van der Waals surface area contributed by atoms with Crippen LogP contribution in [0.25, 0.3) is 0 Å². The van der Waals surface area contributed by atoms with E-state index in [1.807, 2.05) is 46.4 Å². The van der Waals surface area contributed by atoms with Gasteiger partial charge in [-0.25, -0.2) is 0 Å². The molecule has 2 heterocycles. The van der Waals surface area contributed by atoms with Crippen molar-refractivity contribution >= 4 is 35.6 Å². The molecule has 0 atom stereocenters. The normalized spacial score (nSPS) is 15.3. The van der Waals surface area contributed by atoms with Gasteiger partial charge in [0, 0.05) is 11.3 Å². The van der Waals surface area contributed by atoms with E-state index in [4.69, 9.17) is 0 Å². The summed E-state index contributed by atoms with van der Waals surface area (Å²) < 4.78 is 0. The molecule has 0 unspecified atom stereocenters. The van der Waals surface area contributed by atoms with Gasteiger partial charge in [-0.3, -0.25) is 35.6 Å². The Morgan fingerprint density at radius 3 is 1.70 bits per heavy atom. The molecule has 0 aliphatic carbocycles. The Kier molecular flexibility index (Phi) is 4.86. The van der Waals surface area contributed by atoms with E-state index >= 15 is 0 Å². The number of hydrogen-bond acceptors (Lipinski definition) is 7. The molecular formula is C19H21N7O. The fraction of sp³-hybridized carbons (Fsp3) is 0.211. The van der Waals surface area contributed by atoms with Crippen molar-refractivity contribution in [3.05, 3.63) is 54.1 Å². The summed E-state index contributed by atoms with van der Waals surface area (Å²) in [5.74, 6) is -0.142. The lowest BCUT2D eigenvalue weighted by Crippen LogP contribution is -2.26. The molecule has 8 heteroatoms. The Balaban J connectivity index is 1.32. The first-order valence-electron chi connectivity index (χ1n) is 8.84. The van der Waals surface area contributed by atoms with E-state index in [-0.39, 0.29) is 5.91 Å². The van der Waals surface area contributed by atoms with Gasteiger partial charge in [0.1, 0.15) is 12.7 Å². The third-order valence-electron chi connectivity index (χ3n) is 4.22. The smallest absolute Gasteiger partial charge is 0.255 e. The molecule has 0 saturated carbocycles. The Hall–Kier alpha value is -3.55. The van der Waals surface area contributed by atoms with Crippen LogP contribution in [0.1, 0.15) is 10.4 Å². The summed E-state index contributed by atoms with van der Waals surface area (Å²) >= 11 is 0. The molecule has 0 aromatic heterocycles. The summed E-state index contributed by atoms with van der Waals surface area (Å²) in [5, 5.41) is 6.76. The number of amides is 1. The van der Waals surface area contributed by atoms with Crippen LogP contribution in [0.3, 0.4) is 0 Å². The Bertz CT molecular complexity index is 845. The average molecular weight is 363 g/mol. The number of carbonyl (C=O) groups excluding carboxylic acids is 1. The number of nitrogens with zero attached hydrogens (tertiary/aromatic N) is 4. The highest BCUT2D eigenvalue weighted by Crippen LogP contribution is 2.17. The quantitative estimate of drug-likeness (QED) is 0.733. The molecule has 0 spiro atoms. The molecule has 138 valence electrons. The highest BCUT2D eigenvalue weighted by atomic mass is 16.1. The van der Waals surface area contributed by atoms with E-state index in [1.165, 1.54) is 0 Å². The number of anilines is 3. The van der Waals surface area contributed by atoms with Crippen LogP contribution in [0.2, 0.25) is 0 Å². The SMILES string of the molecule is O=C(Nc1ccc(NN2C=NCC2)cc1)c1ccc(NN2C=NCC2)cc1. The Morgan fingerprint density at radius 1 is 0.741 bits per heavy atom. The maximum absolute atomic E-state index is 12.4. The lowest BCUT2D eigenvalue weighted by Gasteiger charge is -2.17. The zero-order valence-corrected chi connectivity index (χ0v) is 14.8. The molecule has 2 aliphatic heterocycles. The van der Waals surface area contributed by atoms with Gasteiger partial charge in [-0.1, -0.05) is 0 Å². The second-order valence-corrected chi connectivity index (χ2v) is 6.26. The van der Waals surface area contributed by atoms with E-state index < -0.39 is 0 Å². The number of hydrazine groups is 2. The van der Waals surface area contributed by atoms with Gasteiger partial charge in [0.15, 0.2) is 0 Å². The monoisotopic (exact) mass is 363 g/mol. The second-order valence-electron chi connectivity index (χ2n) is 6.26. The van der Waals surface area contributed by atoms with Gasteiger partial charge in [-0.15, -0.1) is 0 Å². The van der Waals surface area contributed by atoms with Gasteiger partial charge in [-0.05, 0) is 48.5 Å². The van der Waals surface area contributed by atoms with Gasteiger partial charge in [-0.2, -0.15) is 0 Å². The molecule has 0 radical (unpaired) electrons. The van der Waals surface area contributed by atoms with E-state index in [9.17, 15) is 4.79 Å². The molecule has 2 aliphatic rings. The van der Waals surface area contributed by atoms with Crippen molar-refractivity contribution in [1.29, 1.82) is 0 Å². The summed E-state index contributed by atoms with van der Waals surface area (Å²) in [5.41, 5.74) is 9.68. The molecule has 0 saturated heterocycles. The molecule has 27 heavy (non-hydrogen) atoms. The first-order chi connectivity index (χ1) is 13.3. The van der Waals surface area contributed by atoms with Crippen LogP contribution >= 0.6 is 0 Å². The first-order valence-corrected chi connectivity index (χ1v) is 8.84. The maximum atomic E-state index is 12.4. The van der Waals surface area contributed by atoms with Crippen LogP contribution < -0.4 is 16.2 Å². The fourth-order valence-corrected chi connectivity index (χ4v) is 2.79. The van der Waals surface area contributed by atoms with Crippen molar-refractivity contribution < 1.29 is 4.79 Å². The van der Waals surface area contributed by atoms with Crippen molar-refractivity contribution in [1.82, 2.24) is 10.0 Å². The predicted molar refractivity (Wildman–Crippen MR) is 108 cm³/mol. The van der Waals surface area contributed by atoms with Gasteiger partial charge < -0.3 is 5.32 Å². The molecule has 8 nitrogen and oxygen atoms in total. The van der Waals surface area contributed by atoms with Gasteiger partial charge in [0.25, 0.3) is 5.91 Å². The Labute approximate surface area is 157 Å². The molecule has 4 rings (SSSR count). The van der Waals surface area contributed by atoms with Crippen LogP contribution in [0.5, 0.6) is 0 Å². The summed E-state index contributed by atoms with van der Waals surface area (Å²) in [4.78, 5) is 20.7. The topological polar surface area (TPSA) is 84.4 Å². The largest absolute Gasteiger partial charge is 0.322 e. The summed E-state index contributed by atoms with van der Waals surface area (Å²) in [6.07, 6.45) is 3.56. The van der Waals surface area contributed by atoms with E-state index in [0.717, 1.165) is 43.2 Å². The summed E-state index contributed by atoms with van der Waals surface area (Å²) in [6, 6.07) is 14.9. The first kappa shape index (κ1) is 16.9. The van der Waals surface area contributed by atoms with Crippen LogP contribution in [0, 0.1) is 0 Å². The highest BCUT2D eigenvalue weighted by molar-refractivity contribution is 6.04. The van der Waals surface area contributed by atoms with Crippen molar-refractivity contribution in [2.45, 2.75) is 0 Å². The lowest BCUT2D eigenvalue weighted by atomic mass is 10.2. The third kappa shape index (κ3) is 4.35. The van der Waals surface area contributed by atoms with E-state index in [1.54, 1.807) is 24.8 Å². The Morgan fingerprint density at radius 2 is 1.22 bits per heavy atom. The van der Waals surface area contributed by atoms with Crippen molar-refractivity contribution in [2.75, 3.05) is 42.3 Å². The fourth-order valence-electron chi connectivity index (χ4n) is 2.79. The molecule has 3 N–H and O–H groups in total. The second kappa shape index (κ2) is 7.77. The number of carbonyl (C=O) groups is 1. The van der Waals surface area contributed by atoms with Crippen molar-refractivity contribution in [2.24, 2.45) is 9.98 Å². The summed E-state index contributed by atoms with van der Waals surface area (Å²) in [7, 11) is 0. The minimum Gasteiger partial charge on any atom is -0.322 e. The molecule has 0 bridgehead atoms. The molecule has 2 aromatic carbocycles. The zero-order chi connectivity index (χ0) is 18.5. The third-order valence-corrected chi connectivity index (χ3v) is 4.22. The molecular weight excluding hydrogens is 342 g/mol. The van der Waals surface area contributed by atoms with E-state index in [2.05, 4.69) is 26.2 Å². The van der Waals surface area contributed by atoms with Gasteiger partial charge in [0.2, 0.25) is 0 Å². The predicted octanol–water partition coefficient (Wildman–Crippen LogP) is 2.28. The lowest BCUT2D eigenvalue weighted by molar-refractivity contribution is 0.102. The standard InChI is InChI=1S/C19H21N7O/c27-19(15-1-3-17(4-2-15)23-25-11-9-20-13-25)22-16-5-7-18(8-6-16)24-26-12-10-21-14-26/h1-8,13-14,23-24H,9-12H2,(H,22,27). The maximum Gasteiger partial charge on any atom is 0.255 e. The number of nitrogens with one attached hydrogen (secondary N) is 3. The minimum atomic E-state index is -0.142. The van der Waals surface area contributed by atoms with Crippen LogP contribution in [-0.4, -0.2) is 54.8 Å². The number of hydrogen-bond donors (Lipinski definition) is 3. The van der Waals surface area contributed by atoms with Gasteiger partial charge >= 0.3 is 0 Å². The number of rotatable bonds is 6. The van der Waals surface area contributed by atoms with Crippen LogP contribution in [0.15, 0.2) is 58.5 Å². The number of benzene rings is 2. The number of aliphatic imine (C=N–C) groups is 2. The van der Waals surface area contributed by atoms with Gasteiger partial charge in [0.05, 0.1) is 37.6 Å². The molecule has 0 fully saturated rings. The highest BCUT2D eigenvalue weighted by Gasteiger charge is 2.09. The minimum absolute atomic E-state index is 0.142. The van der Waals surface area contributed by atoms with E-state index in [0.29, 0.717) is 5.56 Å². The molecule has 2 aromatic rings. The zero-order valence-electron chi connectivity index (χ0n) is 14.8. The van der Waals surface area contributed by atoms with Crippen molar-refractivity contribution in [3.8, 4) is 0 Å². The van der Waals surface area contributed by atoms with Crippen LogP contribution in [0.4, 0.5) is 17.1 Å².